The van der Waals surface area contributed by atoms with Crippen molar-refractivity contribution >= 4 is 0 Å². The van der Waals surface area contributed by atoms with Crippen LogP contribution in [0.25, 0.3) is 0 Å². The summed E-state index contributed by atoms with van der Waals surface area (Å²) in [6.07, 6.45) is 0.982. The quantitative estimate of drug-likeness (QED) is 0.764. The van der Waals surface area contributed by atoms with Gasteiger partial charge in [0.25, 0.3) is 0 Å². The van der Waals surface area contributed by atoms with E-state index in [2.05, 4.69) is 45.9 Å². The molecule has 0 unspecified atom stereocenters. The van der Waals surface area contributed by atoms with Crippen LogP contribution in [0.2, 0.25) is 0 Å². The molecule has 78 valence electrons. The minimum Gasteiger partial charge on any atom is -0.330 e. The monoisotopic (exact) mass is 191 g/mol. The molecule has 2 N–H and O–H groups in total. The van der Waals surface area contributed by atoms with E-state index in [0.717, 1.165) is 13.0 Å². The fraction of sp³-hybridized carbons (Fsp3) is 0.538. The van der Waals surface area contributed by atoms with Crippen LogP contribution < -0.4 is 5.73 Å². The number of hydrogen-bond acceptors (Lipinski definition) is 1. The van der Waals surface area contributed by atoms with Crippen LogP contribution in [0.3, 0.4) is 0 Å². The molecule has 0 aliphatic heterocycles. The van der Waals surface area contributed by atoms with Gasteiger partial charge in [-0.05, 0) is 42.0 Å². The highest BCUT2D eigenvalue weighted by atomic mass is 14.5. The summed E-state index contributed by atoms with van der Waals surface area (Å²) < 4.78 is 0. The number of nitrogens with two attached hydrogens (primary N) is 1. The Labute approximate surface area is 87.3 Å². The third-order valence-corrected chi connectivity index (χ3v) is 2.62. The van der Waals surface area contributed by atoms with Gasteiger partial charge in [0.2, 0.25) is 0 Å². The van der Waals surface area contributed by atoms with Gasteiger partial charge in [0.05, 0.1) is 0 Å². The van der Waals surface area contributed by atoms with Crippen LogP contribution in [0.1, 0.15) is 37.5 Å². The van der Waals surface area contributed by atoms with E-state index in [-0.39, 0.29) is 5.41 Å². The maximum absolute atomic E-state index is 5.55. The van der Waals surface area contributed by atoms with Crippen LogP contribution in [0, 0.1) is 6.92 Å². The molecule has 0 saturated heterocycles. The molecular formula is C13H21N. The first-order valence-corrected chi connectivity index (χ1v) is 5.25. The predicted octanol–water partition coefficient (Wildman–Crippen LogP) is 2.79. The second-order valence-corrected chi connectivity index (χ2v) is 4.93. The van der Waals surface area contributed by atoms with Gasteiger partial charge in [0, 0.05) is 0 Å². The molecule has 0 radical (unpaired) electrons. The Morgan fingerprint density at radius 2 is 1.86 bits per heavy atom. The second-order valence-electron chi connectivity index (χ2n) is 4.93. The van der Waals surface area contributed by atoms with Crippen molar-refractivity contribution in [3.8, 4) is 0 Å². The molecule has 1 rings (SSSR count). The summed E-state index contributed by atoms with van der Waals surface area (Å²) in [5.74, 6) is 0. The van der Waals surface area contributed by atoms with Gasteiger partial charge in [-0.1, -0.05) is 39.0 Å². The lowest BCUT2D eigenvalue weighted by Crippen LogP contribution is -2.12. The Balaban J connectivity index is 3.01. The first-order valence-electron chi connectivity index (χ1n) is 5.25. The van der Waals surface area contributed by atoms with Crippen molar-refractivity contribution in [3.63, 3.8) is 0 Å². The number of aryl methyl sites for hydroxylation is 1. The van der Waals surface area contributed by atoms with Gasteiger partial charge in [-0.3, -0.25) is 0 Å². The lowest BCUT2D eigenvalue weighted by molar-refractivity contribution is 0.589. The molecule has 1 aromatic carbocycles. The molecule has 0 aliphatic rings. The minimum atomic E-state index is 0.242. The third-order valence-electron chi connectivity index (χ3n) is 2.62. The molecule has 0 aliphatic carbocycles. The predicted molar refractivity (Wildman–Crippen MR) is 62.6 cm³/mol. The van der Waals surface area contributed by atoms with Gasteiger partial charge < -0.3 is 5.73 Å². The Hall–Kier alpha value is -0.820. The minimum absolute atomic E-state index is 0.242. The summed E-state index contributed by atoms with van der Waals surface area (Å²) in [5.41, 5.74) is 9.93. The lowest BCUT2D eigenvalue weighted by Gasteiger charge is -2.20. The third kappa shape index (κ3) is 2.58. The molecule has 1 heteroatoms. The largest absolute Gasteiger partial charge is 0.330 e. The summed E-state index contributed by atoms with van der Waals surface area (Å²) >= 11 is 0. The molecule has 0 heterocycles. The normalized spacial score (nSPS) is 11.8. The maximum Gasteiger partial charge on any atom is -0.00366 e. The van der Waals surface area contributed by atoms with Crippen molar-refractivity contribution in [1.82, 2.24) is 0 Å². The van der Waals surface area contributed by atoms with Crippen LogP contribution in [-0.4, -0.2) is 6.54 Å². The topological polar surface area (TPSA) is 26.0 Å². The van der Waals surface area contributed by atoms with E-state index in [4.69, 9.17) is 5.73 Å². The smallest absolute Gasteiger partial charge is 0.00366 e. The highest BCUT2D eigenvalue weighted by molar-refractivity contribution is 5.34. The Morgan fingerprint density at radius 1 is 1.21 bits per heavy atom. The van der Waals surface area contributed by atoms with Crippen molar-refractivity contribution in [2.45, 2.75) is 39.5 Å². The van der Waals surface area contributed by atoms with E-state index in [1.54, 1.807) is 0 Å². The molecule has 0 amide bonds. The van der Waals surface area contributed by atoms with Gasteiger partial charge in [-0.25, -0.2) is 0 Å². The van der Waals surface area contributed by atoms with Crippen molar-refractivity contribution in [2.24, 2.45) is 5.73 Å². The van der Waals surface area contributed by atoms with Crippen LogP contribution in [0.5, 0.6) is 0 Å². The standard InChI is InChI=1S/C13H21N/c1-10-9-12(13(2,3)4)6-5-11(10)7-8-14/h5-6,9H,7-8,14H2,1-4H3. The van der Waals surface area contributed by atoms with Crippen molar-refractivity contribution < 1.29 is 0 Å². The summed E-state index contributed by atoms with van der Waals surface area (Å²) in [6, 6.07) is 6.71. The molecule has 0 atom stereocenters. The van der Waals surface area contributed by atoms with Crippen LogP contribution in [0.4, 0.5) is 0 Å². The van der Waals surface area contributed by atoms with Crippen LogP contribution in [0.15, 0.2) is 18.2 Å². The Bertz CT molecular complexity index is 308. The molecule has 0 fully saturated rings. The van der Waals surface area contributed by atoms with Crippen molar-refractivity contribution in [3.05, 3.63) is 34.9 Å². The molecule has 0 spiro atoms. The highest BCUT2D eigenvalue weighted by Crippen LogP contribution is 2.24. The fourth-order valence-corrected chi connectivity index (χ4v) is 1.60. The number of benzene rings is 1. The van der Waals surface area contributed by atoms with Gasteiger partial charge in [-0.15, -0.1) is 0 Å². The van der Waals surface area contributed by atoms with E-state index in [1.807, 2.05) is 0 Å². The Morgan fingerprint density at radius 3 is 2.29 bits per heavy atom. The fourth-order valence-electron chi connectivity index (χ4n) is 1.60. The molecule has 0 bridgehead atoms. The summed E-state index contributed by atoms with van der Waals surface area (Å²) in [4.78, 5) is 0. The molecule has 0 aromatic heterocycles. The lowest BCUT2D eigenvalue weighted by atomic mass is 9.85. The summed E-state index contributed by atoms with van der Waals surface area (Å²) in [5, 5.41) is 0. The van der Waals surface area contributed by atoms with E-state index in [1.165, 1.54) is 16.7 Å². The summed E-state index contributed by atoms with van der Waals surface area (Å²) in [7, 11) is 0. The van der Waals surface area contributed by atoms with E-state index in [9.17, 15) is 0 Å². The molecule has 0 saturated carbocycles. The zero-order chi connectivity index (χ0) is 10.8. The van der Waals surface area contributed by atoms with E-state index >= 15 is 0 Å². The molecule has 1 aromatic rings. The molecule has 14 heavy (non-hydrogen) atoms. The number of hydrogen-bond donors (Lipinski definition) is 1. The molecular weight excluding hydrogens is 170 g/mol. The average Bonchev–Trinajstić information content (AvgIpc) is 2.07. The average molecular weight is 191 g/mol. The van der Waals surface area contributed by atoms with Crippen LogP contribution in [-0.2, 0) is 11.8 Å². The first-order chi connectivity index (χ1) is 6.45. The van der Waals surface area contributed by atoms with Crippen molar-refractivity contribution in [1.29, 1.82) is 0 Å². The SMILES string of the molecule is Cc1cc(C(C)(C)C)ccc1CCN. The Kier molecular flexibility index (Phi) is 3.33. The summed E-state index contributed by atoms with van der Waals surface area (Å²) in [6.45, 7) is 9.62. The van der Waals surface area contributed by atoms with E-state index < -0.39 is 0 Å². The van der Waals surface area contributed by atoms with E-state index in [0.29, 0.717) is 0 Å². The first kappa shape index (κ1) is 11.3. The van der Waals surface area contributed by atoms with Gasteiger partial charge in [0.15, 0.2) is 0 Å². The van der Waals surface area contributed by atoms with Crippen molar-refractivity contribution in [2.75, 3.05) is 6.54 Å². The number of rotatable bonds is 2. The zero-order valence-corrected chi connectivity index (χ0v) is 9.72. The van der Waals surface area contributed by atoms with Gasteiger partial charge >= 0.3 is 0 Å². The zero-order valence-electron chi connectivity index (χ0n) is 9.72. The van der Waals surface area contributed by atoms with Gasteiger partial charge in [-0.2, -0.15) is 0 Å². The second kappa shape index (κ2) is 4.14. The molecule has 1 nitrogen and oxygen atoms in total. The van der Waals surface area contributed by atoms with Crippen LogP contribution >= 0.6 is 0 Å². The highest BCUT2D eigenvalue weighted by Gasteiger charge is 2.13. The maximum atomic E-state index is 5.55. The van der Waals surface area contributed by atoms with Gasteiger partial charge in [0.1, 0.15) is 0 Å².